The van der Waals surface area contributed by atoms with Crippen LogP contribution < -0.4 is 15.4 Å². The van der Waals surface area contributed by atoms with Crippen LogP contribution in [0, 0.1) is 0 Å². The van der Waals surface area contributed by atoms with Gasteiger partial charge in [0.15, 0.2) is 5.16 Å². The van der Waals surface area contributed by atoms with Gasteiger partial charge in [-0.1, -0.05) is 36.0 Å². The van der Waals surface area contributed by atoms with Crippen molar-refractivity contribution >= 4 is 29.3 Å². The molecule has 0 radical (unpaired) electrons. The van der Waals surface area contributed by atoms with Gasteiger partial charge in [0.05, 0.1) is 29.8 Å². The predicted octanol–water partition coefficient (Wildman–Crippen LogP) is 2.90. The van der Waals surface area contributed by atoms with Gasteiger partial charge in [-0.3, -0.25) is 14.2 Å². The minimum Gasteiger partial charge on any atom is -0.495 e. The molecule has 30 heavy (non-hydrogen) atoms. The first kappa shape index (κ1) is 20.0. The van der Waals surface area contributed by atoms with Crippen molar-refractivity contribution in [1.29, 1.82) is 0 Å². The number of anilines is 1. The van der Waals surface area contributed by atoms with Crippen molar-refractivity contribution in [2.45, 2.75) is 24.0 Å². The fourth-order valence-corrected chi connectivity index (χ4v) is 3.64. The van der Waals surface area contributed by atoms with Crippen LogP contribution in [0.15, 0.2) is 60.0 Å². The van der Waals surface area contributed by atoms with Crippen LogP contribution in [0.4, 0.5) is 5.69 Å². The van der Waals surface area contributed by atoms with E-state index in [1.54, 1.807) is 42.3 Å². The molecular weight excluding hydrogens is 402 g/mol. The number of benzene rings is 2. The highest BCUT2D eigenvalue weighted by Crippen LogP contribution is 2.27. The zero-order valence-corrected chi connectivity index (χ0v) is 17.2. The monoisotopic (exact) mass is 423 g/mol. The SMILES string of the molecule is COc1ccccc1-n1cnnc1SCC(=O)Nc1ccccc1C(=O)NC1CC1. The van der Waals surface area contributed by atoms with Crippen LogP contribution in [0.2, 0.25) is 0 Å². The van der Waals surface area contributed by atoms with Crippen molar-refractivity contribution < 1.29 is 14.3 Å². The first-order valence-corrected chi connectivity index (χ1v) is 10.5. The maximum Gasteiger partial charge on any atom is 0.253 e. The lowest BCUT2D eigenvalue weighted by Crippen LogP contribution is -2.27. The molecule has 3 aromatic rings. The number of ether oxygens (including phenoxy) is 1. The average molecular weight is 423 g/mol. The van der Waals surface area contributed by atoms with Gasteiger partial charge in [-0.05, 0) is 37.1 Å². The molecule has 0 saturated heterocycles. The van der Waals surface area contributed by atoms with E-state index in [4.69, 9.17) is 4.74 Å². The number of thioether (sulfide) groups is 1. The van der Waals surface area contributed by atoms with Crippen LogP contribution in [-0.2, 0) is 4.79 Å². The number of aromatic nitrogens is 3. The fraction of sp³-hybridized carbons (Fsp3) is 0.238. The van der Waals surface area contributed by atoms with Gasteiger partial charge in [0, 0.05) is 6.04 Å². The third-order valence-electron chi connectivity index (χ3n) is 4.55. The van der Waals surface area contributed by atoms with Crippen molar-refractivity contribution in [2.75, 3.05) is 18.2 Å². The maximum absolute atomic E-state index is 12.5. The Kier molecular flexibility index (Phi) is 5.99. The number of hydrogen-bond acceptors (Lipinski definition) is 6. The number of rotatable bonds is 8. The van der Waals surface area contributed by atoms with E-state index >= 15 is 0 Å². The molecule has 8 nitrogen and oxygen atoms in total. The van der Waals surface area contributed by atoms with Gasteiger partial charge in [-0.15, -0.1) is 10.2 Å². The van der Waals surface area contributed by atoms with E-state index in [0.717, 1.165) is 18.5 Å². The Morgan fingerprint density at radius 3 is 2.73 bits per heavy atom. The standard InChI is InChI=1S/C21H21N5O3S/c1-29-18-9-5-4-8-17(18)26-13-22-25-21(26)30-12-19(27)24-16-7-3-2-6-15(16)20(28)23-14-10-11-14/h2-9,13-14H,10-12H2,1H3,(H,23,28)(H,24,27). The van der Waals surface area contributed by atoms with Gasteiger partial charge in [0.1, 0.15) is 12.1 Å². The molecule has 1 heterocycles. The Hall–Kier alpha value is -3.33. The Morgan fingerprint density at radius 2 is 1.93 bits per heavy atom. The van der Waals surface area contributed by atoms with E-state index < -0.39 is 0 Å². The van der Waals surface area contributed by atoms with Crippen LogP contribution in [-0.4, -0.2) is 45.5 Å². The number of methoxy groups -OCH3 is 1. The fourth-order valence-electron chi connectivity index (χ4n) is 2.91. The van der Waals surface area contributed by atoms with Gasteiger partial charge < -0.3 is 15.4 Å². The van der Waals surface area contributed by atoms with E-state index in [-0.39, 0.29) is 23.6 Å². The van der Waals surface area contributed by atoms with Gasteiger partial charge in [0.25, 0.3) is 5.91 Å². The summed E-state index contributed by atoms with van der Waals surface area (Å²) in [4.78, 5) is 24.9. The second-order valence-corrected chi connectivity index (χ2v) is 7.73. The molecule has 9 heteroatoms. The Labute approximate surface area is 178 Å². The quantitative estimate of drug-likeness (QED) is 0.541. The van der Waals surface area contributed by atoms with Crippen LogP contribution in [0.3, 0.4) is 0 Å². The van der Waals surface area contributed by atoms with Crippen molar-refractivity contribution in [1.82, 2.24) is 20.1 Å². The highest BCUT2D eigenvalue weighted by Gasteiger charge is 2.25. The molecular formula is C21H21N5O3S. The highest BCUT2D eigenvalue weighted by molar-refractivity contribution is 7.99. The van der Waals surface area contributed by atoms with Crippen LogP contribution >= 0.6 is 11.8 Å². The van der Waals surface area contributed by atoms with Crippen LogP contribution in [0.1, 0.15) is 23.2 Å². The largest absolute Gasteiger partial charge is 0.495 e. The molecule has 0 unspecified atom stereocenters. The lowest BCUT2D eigenvalue weighted by atomic mass is 10.1. The molecule has 0 aliphatic heterocycles. The number of carbonyl (C=O) groups is 2. The summed E-state index contributed by atoms with van der Waals surface area (Å²) in [6, 6.07) is 14.8. The zero-order valence-electron chi connectivity index (χ0n) is 16.4. The molecule has 1 aromatic heterocycles. The number of nitrogens with one attached hydrogen (secondary N) is 2. The predicted molar refractivity (Wildman–Crippen MR) is 114 cm³/mol. The lowest BCUT2D eigenvalue weighted by Gasteiger charge is -2.12. The number of hydrogen-bond donors (Lipinski definition) is 2. The Bertz CT molecular complexity index is 1060. The summed E-state index contributed by atoms with van der Waals surface area (Å²) in [5.74, 6) is 0.393. The summed E-state index contributed by atoms with van der Waals surface area (Å²) in [6.07, 6.45) is 3.59. The summed E-state index contributed by atoms with van der Waals surface area (Å²) in [7, 11) is 1.60. The molecule has 2 amide bonds. The molecule has 0 bridgehead atoms. The van der Waals surface area contributed by atoms with Crippen molar-refractivity contribution in [3.63, 3.8) is 0 Å². The molecule has 2 aromatic carbocycles. The molecule has 154 valence electrons. The van der Waals surface area contributed by atoms with Crippen molar-refractivity contribution in [3.8, 4) is 11.4 Å². The smallest absolute Gasteiger partial charge is 0.253 e. The van der Waals surface area contributed by atoms with Crippen molar-refractivity contribution in [3.05, 3.63) is 60.4 Å². The summed E-state index contributed by atoms with van der Waals surface area (Å²) in [6.45, 7) is 0. The summed E-state index contributed by atoms with van der Waals surface area (Å²) < 4.78 is 7.16. The topological polar surface area (TPSA) is 98.1 Å². The number of carbonyl (C=O) groups excluding carboxylic acids is 2. The molecule has 0 spiro atoms. The Morgan fingerprint density at radius 1 is 1.17 bits per heavy atom. The maximum atomic E-state index is 12.5. The Balaban J connectivity index is 1.42. The number of para-hydroxylation sites is 3. The van der Waals surface area contributed by atoms with Crippen LogP contribution in [0.25, 0.3) is 5.69 Å². The van der Waals surface area contributed by atoms with Crippen LogP contribution in [0.5, 0.6) is 5.75 Å². The zero-order chi connectivity index (χ0) is 20.9. The molecule has 4 rings (SSSR count). The van der Waals surface area contributed by atoms with E-state index in [1.807, 2.05) is 24.3 Å². The second-order valence-electron chi connectivity index (χ2n) is 6.79. The minimum atomic E-state index is -0.235. The first-order chi connectivity index (χ1) is 14.7. The second kappa shape index (κ2) is 9.00. The number of amides is 2. The van der Waals surface area contributed by atoms with Gasteiger partial charge >= 0.3 is 0 Å². The molecule has 1 fully saturated rings. The van der Waals surface area contributed by atoms with Gasteiger partial charge in [-0.2, -0.15) is 0 Å². The van der Waals surface area contributed by atoms with Crippen molar-refractivity contribution in [2.24, 2.45) is 0 Å². The molecule has 1 aliphatic rings. The normalized spacial score (nSPS) is 13.0. The van der Waals surface area contributed by atoms with E-state index in [2.05, 4.69) is 20.8 Å². The minimum absolute atomic E-state index is 0.117. The first-order valence-electron chi connectivity index (χ1n) is 9.51. The molecule has 1 aliphatic carbocycles. The third kappa shape index (κ3) is 4.62. The summed E-state index contributed by atoms with van der Waals surface area (Å²) in [5, 5.41) is 14.4. The number of nitrogens with zero attached hydrogens (tertiary/aromatic N) is 3. The third-order valence-corrected chi connectivity index (χ3v) is 5.49. The van der Waals surface area contributed by atoms with E-state index in [0.29, 0.717) is 22.2 Å². The highest BCUT2D eigenvalue weighted by atomic mass is 32.2. The van der Waals surface area contributed by atoms with E-state index in [9.17, 15) is 9.59 Å². The van der Waals surface area contributed by atoms with E-state index in [1.165, 1.54) is 11.8 Å². The molecule has 1 saturated carbocycles. The summed E-state index contributed by atoms with van der Waals surface area (Å²) in [5.41, 5.74) is 1.74. The van der Waals surface area contributed by atoms with Gasteiger partial charge in [-0.25, -0.2) is 0 Å². The average Bonchev–Trinajstić information content (AvgIpc) is 3.46. The van der Waals surface area contributed by atoms with Gasteiger partial charge in [0.2, 0.25) is 5.91 Å². The summed E-state index contributed by atoms with van der Waals surface area (Å²) >= 11 is 1.25. The molecule has 0 atom stereocenters. The molecule has 2 N–H and O–H groups in total. The lowest BCUT2D eigenvalue weighted by molar-refractivity contribution is -0.113.